The highest BCUT2D eigenvalue weighted by atomic mass is 35.5. The molecule has 1 amide bonds. The number of nitrogens with one attached hydrogen (secondary N) is 2. The van der Waals surface area contributed by atoms with Crippen molar-refractivity contribution in [2.24, 2.45) is 0 Å². The molecule has 4 rings (SSSR count). The van der Waals surface area contributed by atoms with E-state index in [1.165, 1.54) is 24.3 Å². The molecule has 1 saturated heterocycles. The Labute approximate surface area is 179 Å². The SMILES string of the molecule is Cl.O=C(Nc1ccc(F)cc1)c1cnn(-c2ccccc2Cl)c1C1CCNCC1. The highest BCUT2D eigenvalue weighted by molar-refractivity contribution is 6.32. The van der Waals surface area contributed by atoms with Crippen LogP contribution in [0, 0.1) is 5.82 Å². The molecule has 1 aliphatic heterocycles. The van der Waals surface area contributed by atoms with Gasteiger partial charge < -0.3 is 10.6 Å². The van der Waals surface area contributed by atoms with Crippen molar-refractivity contribution in [1.82, 2.24) is 15.1 Å². The van der Waals surface area contributed by atoms with Gasteiger partial charge in [0, 0.05) is 11.6 Å². The number of amides is 1. The standard InChI is InChI=1S/C21H20ClFN4O.ClH/c22-18-3-1-2-4-19(18)27-20(14-9-11-24-12-10-14)17(13-25-27)21(28)26-16-7-5-15(23)6-8-16;/h1-8,13-14,24H,9-12H2,(H,26,28);1H. The summed E-state index contributed by atoms with van der Waals surface area (Å²) in [6.45, 7) is 1.77. The number of carbonyl (C=O) groups is 1. The first-order chi connectivity index (χ1) is 13.6. The molecule has 152 valence electrons. The number of rotatable bonds is 4. The van der Waals surface area contributed by atoms with Crippen molar-refractivity contribution < 1.29 is 9.18 Å². The molecule has 5 nitrogen and oxygen atoms in total. The van der Waals surface area contributed by atoms with Crippen LogP contribution in [0.4, 0.5) is 10.1 Å². The summed E-state index contributed by atoms with van der Waals surface area (Å²) in [5.74, 6) is -0.424. The summed E-state index contributed by atoms with van der Waals surface area (Å²) in [4.78, 5) is 13.0. The Balaban J connectivity index is 0.00000240. The average molecular weight is 435 g/mol. The zero-order valence-corrected chi connectivity index (χ0v) is 17.1. The first kappa shape index (κ1) is 21.3. The van der Waals surface area contributed by atoms with Gasteiger partial charge in [-0.2, -0.15) is 5.10 Å². The number of aromatic nitrogens is 2. The topological polar surface area (TPSA) is 59.0 Å². The molecule has 1 fully saturated rings. The number of carbonyl (C=O) groups excluding carboxylic acids is 1. The highest BCUT2D eigenvalue weighted by Crippen LogP contribution is 2.32. The first-order valence-corrected chi connectivity index (χ1v) is 9.62. The minimum atomic E-state index is -0.347. The van der Waals surface area contributed by atoms with E-state index in [2.05, 4.69) is 15.7 Å². The normalized spacial score (nSPS) is 14.3. The second-order valence-electron chi connectivity index (χ2n) is 6.79. The van der Waals surface area contributed by atoms with Crippen molar-refractivity contribution in [2.45, 2.75) is 18.8 Å². The maximum Gasteiger partial charge on any atom is 0.259 e. The second kappa shape index (κ2) is 9.39. The van der Waals surface area contributed by atoms with Gasteiger partial charge in [-0.1, -0.05) is 23.7 Å². The van der Waals surface area contributed by atoms with Crippen LogP contribution in [-0.2, 0) is 0 Å². The van der Waals surface area contributed by atoms with Gasteiger partial charge in [0.05, 0.1) is 28.2 Å². The number of hydrogen-bond donors (Lipinski definition) is 2. The Morgan fingerprint density at radius 2 is 1.83 bits per heavy atom. The number of hydrogen-bond acceptors (Lipinski definition) is 3. The molecule has 1 aliphatic rings. The maximum atomic E-state index is 13.1. The Bertz CT molecular complexity index is 985. The Morgan fingerprint density at radius 3 is 2.52 bits per heavy atom. The summed E-state index contributed by atoms with van der Waals surface area (Å²) in [6, 6.07) is 13.2. The van der Waals surface area contributed by atoms with Crippen molar-refractivity contribution in [3.8, 4) is 5.69 Å². The van der Waals surface area contributed by atoms with Crippen LogP contribution in [0.25, 0.3) is 5.69 Å². The van der Waals surface area contributed by atoms with Gasteiger partial charge in [-0.05, 0) is 62.3 Å². The molecule has 0 bridgehead atoms. The summed E-state index contributed by atoms with van der Waals surface area (Å²) in [5, 5.41) is 11.3. The molecule has 0 spiro atoms. The molecule has 0 saturated carbocycles. The number of nitrogens with zero attached hydrogens (tertiary/aromatic N) is 2. The molecule has 0 atom stereocenters. The van der Waals surface area contributed by atoms with Crippen LogP contribution in [0.1, 0.15) is 34.8 Å². The summed E-state index contributed by atoms with van der Waals surface area (Å²) >= 11 is 6.39. The van der Waals surface area contributed by atoms with Gasteiger partial charge in [-0.25, -0.2) is 9.07 Å². The van der Waals surface area contributed by atoms with Gasteiger partial charge in [0.15, 0.2) is 0 Å². The Kier molecular flexibility index (Phi) is 6.90. The molecule has 0 unspecified atom stereocenters. The van der Waals surface area contributed by atoms with E-state index in [4.69, 9.17) is 11.6 Å². The quantitative estimate of drug-likeness (QED) is 0.619. The lowest BCUT2D eigenvalue weighted by Crippen LogP contribution is -2.29. The van der Waals surface area contributed by atoms with Gasteiger partial charge in [0.2, 0.25) is 0 Å². The van der Waals surface area contributed by atoms with Crippen molar-refractivity contribution in [3.63, 3.8) is 0 Å². The third-order valence-corrected chi connectivity index (χ3v) is 5.28. The van der Waals surface area contributed by atoms with Gasteiger partial charge in [-0.3, -0.25) is 4.79 Å². The number of piperidine rings is 1. The van der Waals surface area contributed by atoms with Gasteiger partial charge in [0.1, 0.15) is 5.82 Å². The molecule has 0 aliphatic carbocycles. The van der Waals surface area contributed by atoms with Gasteiger partial charge in [0.25, 0.3) is 5.91 Å². The third kappa shape index (κ3) is 4.61. The monoisotopic (exact) mass is 434 g/mol. The minimum Gasteiger partial charge on any atom is -0.322 e. The second-order valence-corrected chi connectivity index (χ2v) is 7.20. The van der Waals surface area contributed by atoms with Crippen LogP contribution in [0.15, 0.2) is 54.7 Å². The molecular formula is C21H21Cl2FN4O. The lowest BCUT2D eigenvalue weighted by atomic mass is 9.91. The van der Waals surface area contributed by atoms with E-state index < -0.39 is 0 Å². The molecule has 1 aromatic heterocycles. The van der Waals surface area contributed by atoms with Gasteiger partial charge in [-0.15, -0.1) is 12.4 Å². The van der Waals surface area contributed by atoms with Crippen molar-refractivity contribution in [1.29, 1.82) is 0 Å². The van der Waals surface area contributed by atoms with E-state index in [9.17, 15) is 9.18 Å². The van der Waals surface area contributed by atoms with Crippen LogP contribution in [0.5, 0.6) is 0 Å². The van der Waals surface area contributed by atoms with Crippen molar-refractivity contribution in [2.75, 3.05) is 18.4 Å². The van der Waals surface area contributed by atoms with Crippen LogP contribution in [0.2, 0.25) is 5.02 Å². The maximum absolute atomic E-state index is 13.1. The van der Waals surface area contributed by atoms with Crippen molar-refractivity contribution in [3.05, 3.63) is 76.8 Å². The molecule has 29 heavy (non-hydrogen) atoms. The average Bonchev–Trinajstić information content (AvgIpc) is 3.16. The number of para-hydroxylation sites is 1. The fourth-order valence-electron chi connectivity index (χ4n) is 3.57. The van der Waals surface area contributed by atoms with Gasteiger partial charge >= 0.3 is 0 Å². The number of anilines is 1. The smallest absolute Gasteiger partial charge is 0.259 e. The summed E-state index contributed by atoms with van der Waals surface area (Å²) in [6.07, 6.45) is 3.40. The lowest BCUT2D eigenvalue weighted by Gasteiger charge is -2.25. The van der Waals surface area contributed by atoms with Crippen LogP contribution < -0.4 is 10.6 Å². The van der Waals surface area contributed by atoms with E-state index in [1.807, 2.05) is 24.3 Å². The fourth-order valence-corrected chi connectivity index (χ4v) is 3.78. The zero-order valence-electron chi connectivity index (χ0n) is 15.6. The summed E-state index contributed by atoms with van der Waals surface area (Å²) < 4.78 is 14.9. The zero-order chi connectivity index (χ0) is 19.5. The molecule has 3 aromatic rings. The summed E-state index contributed by atoms with van der Waals surface area (Å²) in [5.41, 5.74) is 2.65. The van der Waals surface area contributed by atoms with E-state index in [0.717, 1.165) is 37.3 Å². The van der Waals surface area contributed by atoms with E-state index >= 15 is 0 Å². The highest BCUT2D eigenvalue weighted by Gasteiger charge is 2.27. The third-order valence-electron chi connectivity index (χ3n) is 4.96. The van der Waals surface area contributed by atoms with E-state index in [0.29, 0.717) is 16.3 Å². The number of halogens is 3. The minimum absolute atomic E-state index is 0. The molecule has 2 aromatic carbocycles. The van der Waals surface area contributed by atoms with Crippen LogP contribution in [0.3, 0.4) is 0 Å². The lowest BCUT2D eigenvalue weighted by molar-refractivity contribution is 0.102. The molecule has 2 N–H and O–H groups in total. The largest absolute Gasteiger partial charge is 0.322 e. The van der Waals surface area contributed by atoms with Crippen LogP contribution >= 0.6 is 24.0 Å². The predicted molar refractivity (Wildman–Crippen MR) is 115 cm³/mol. The molecule has 0 radical (unpaired) electrons. The van der Waals surface area contributed by atoms with Crippen molar-refractivity contribution >= 4 is 35.6 Å². The van der Waals surface area contributed by atoms with E-state index in [-0.39, 0.29) is 30.0 Å². The fraction of sp³-hybridized carbons (Fsp3) is 0.238. The first-order valence-electron chi connectivity index (χ1n) is 9.24. The predicted octanol–water partition coefficient (Wildman–Crippen LogP) is 4.81. The number of benzene rings is 2. The molecule has 8 heteroatoms. The molecular weight excluding hydrogens is 414 g/mol. The Morgan fingerprint density at radius 1 is 1.14 bits per heavy atom. The summed E-state index contributed by atoms with van der Waals surface area (Å²) in [7, 11) is 0. The van der Waals surface area contributed by atoms with E-state index in [1.54, 1.807) is 10.9 Å². The Hall–Kier alpha value is -2.41. The molecule has 2 heterocycles. The van der Waals surface area contributed by atoms with Crippen LogP contribution in [-0.4, -0.2) is 28.8 Å².